The van der Waals surface area contributed by atoms with E-state index in [-0.39, 0.29) is 24.2 Å². The summed E-state index contributed by atoms with van der Waals surface area (Å²) >= 11 is 1.70. The van der Waals surface area contributed by atoms with Crippen molar-refractivity contribution in [2.75, 3.05) is 13.7 Å². The maximum absolute atomic E-state index is 12.9. The van der Waals surface area contributed by atoms with Gasteiger partial charge in [0, 0.05) is 22.5 Å². The van der Waals surface area contributed by atoms with E-state index < -0.39 is 0 Å². The minimum Gasteiger partial charge on any atom is -0.496 e. The number of methoxy groups -OCH3 is 1. The van der Waals surface area contributed by atoms with Crippen molar-refractivity contribution in [1.82, 2.24) is 4.90 Å². The smallest absolute Gasteiger partial charge is 0.227 e. The Morgan fingerprint density at radius 1 is 1.33 bits per heavy atom. The highest BCUT2D eigenvalue weighted by atomic mass is 32.1. The Morgan fingerprint density at radius 2 is 2.17 bits per heavy atom. The molecular weight excluding hydrogens is 322 g/mol. The van der Waals surface area contributed by atoms with Gasteiger partial charge in [-0.15, -0.1) is 11.3 Å². The third-order valence-electron chi connectivity index (χ3n) is 4.47. The molecule has 1 atom stereocenters. The molecule has 24 heavy (non-hydrogen) atoms. The predicted molar refractivity (Wildman–Crippen MR) is 94.7 cm³/mol. The fourth-order valence-electron chi connectivity index (χ4n) is 3.24. The SMILES string of the molecule is COc1ccc(C(C)=O)cc1CC(=O)N1CCC[C@H]1c1cccs1. The van der Waals surface area contributed by atoms with Crippen molar-refractivity contribution in [2.45, 2.75) is 32.2 Å². The van der Waals surface area contributed by atoms with Crippen LogP contribution in [0.1, 0.15) is 46.6 Å². The van der Waals surface area contributed by atoms with E-state index in [0.29, 0.717) is 11.3 Å². The van der Waals surface area contributed by atoms with Crippen LogP contribution >= 0.6 is 11.3 Å². The number of thiophene rings is 1. The monoisotopic (exact) mass is 343 g/mol. The van der Waals surface area contributed by atoms with E-state index in [9.17, 15) is 9.59 Å². The Hall–Kier alpha value is -2.14. The van der Waals surface area contributed by atoms with Crippen LogP contribution in [-0.2, 0) is 11.2 Å². The van der Waals surface area contributed by atoms with Gasteiger partial charge in [0.1, 0.15) is 5.75 Å². The Labute approximate surface area is 146 Å². The summed E-state index contributed by atoms with van der Waals surface area (Å²) in [5.41, 5.74) is 1.38. The fraction of sp³-hybridized carbons (Fsp3) is 0.368. The number of carbonyl (C=O) groups excluding carboxylic acids is 2. The van der Waals surface area contributed by atoms with Gasteiger partial charge in [0.15, 0.2) is 5.78 Å². The van der Waals surface area contributed by atoms with Crippen molar-refractivity contribution < 1.29 is 14.3 Å². The molecule has 1 amide bonds. The van der Waals surface area contributed by atoms with E-state index in [1.807, 2.05) is 11.0 Å². The summed E-state index contributed by atoms with van der Waals surface area (Å²) < 4.78 is 5.36. The second-order valence-electron chi connectivity index (χ2n) is 6.02. The van der Waals surface area contributed by atoms with Crippen LogP contribution in [0.25, 0.3) is 0 Å². The number of carbonyl (C=O) groups is 2. The second-order valence-corrected chi connectivity index (χ2v) is 7.00. The van der Waals surface area contributed by atoms with Crippen molar-refractivity contribution in [1.29, 1.82) is 0 Å². The number of ketones is 1. The van der Waals surface area contributed by atoms with Crippen LogP contribution in [0.5, 0.6) is 5.75 Å². The molecule has 0 spiro atoms. The molecule has 0 aliphatic carbocycles. The highest BCUT2D eigenvalue weighted by Crippen LogP contribution is 2.35. The van der Waals surface area contributed by atoms with Crippen molar-refractivity contribution >= 4 is 23.0 Å². The molecule has 0 N–H and O–H groups in total. The topological polar surface area (TPSA) is 46.6 Å². The van der Waals surface area contributed by atoms with Gasteiger partial charge in [0.2, 0.25) is 5.91 Å². The molecule has 1 aliphatic rings. The number of benzene rings is 1. The number of hydrogen-bond acceptors (Lipinski definition) is 4. The lowest BCUT2D eigenvalue weighted by molar-refractivity contribution is -0.131. The number of nitrogens with zero attached hydrogens (tertiary/aromatic N) is 1. The second kappa shape index (κ2) is 7.18. The lowest BCUT2D eigenvalue weighted by Gasteiger charge is -2.24. The summed E-state index contributed by atoms with van der Waals surface area (Å²) in [4.78, 5) is 27.7. The number of amides is 1. The first kappa shape index (κ1) is 16.7. The number of ether oxygens (including phenoxy) is 1. The van der Waals surface area contributed by atoms with Crippen molar-refractivity contribution in [3.05, 3.63) is 51.7 Å². The zero-order valence-electron chi connectivity index (χ0n) is 14.0. The Morgan fingerprint density at radius 3 is 2.83 bits per heavy atom. The van der Waals surface area contributed by atoms with Gasteiger partial charge in [-0.25, -0.2) is 0 Å². The first-order valence-electron chi connectivity index (χ1n) is 8.11. The maximum atomic E-state index is 12.9. The van der Waals surface area contributed by atoms with Gasteiger partial charge in [-0.05, 0) is 49.4 Å². The minimum absolute atomic E-state index is 0.0102. The van der Waals surface area contributed by atoms with Crippen molar-refractivity contribution in [3.63, 3.8) is 0 Å². The van der Waals surface area contributed by atoms with Gasteiger partial charge in [-0.3, -0.25) is 9.59 Å². The quantitative estimate of drug-likeness (QED) is 0.774. The maximum Gasteiger partial charge on any atom is 0.227 e. The molecule has 3 rings (SSSR count). The number of likely N-dealkylation sites (tertiary alicyclic amines) is 1. The van der Waals surface area contributed by atoms with Crippen molar-refractivity contribution in [3.8, 4) is 5.75 Å². The van der Waals surface area contributed by atoms with Crippen LogP contribution < -0.4 is 4.74 Å². The fourth-order valence-corrected chi connectivity index (χ4v) is 4.12. The number of rotatable bonds is 5. The third kappa shape index (κ3) is 3.36. The molecule has 0 unspecified atom stereocenters. The van der Waals surface area contributed by atoms with E-state index >= 15 is 0 Å². The van der Waals surface area contributed by atoms with Crippen LogP contribution in [-0.4, -0.2) is 30.2 Å². The van der Waals surface area contributed by atoms with E-state index in [0.717, 1.165) is 24.9 Å². The molecule has 126 valence electrons. The Bertz CT molecular complexity index is 739. The molecule has 5 heteroatoms. The lowest BCUT2D eigenvalue weighted by atomic mass is 10.0. The predicted octanol–water partition coefficient (Wildman–Crippen LogP) is 3.87. The van der Waals surface area contributed by atoms with Crippen LogP contribution in [0, 0.1) is 0 Å². The summed E-state index contributed by atoms with van der Waals surface area (Å²) in [6.45, 7) is 2.32. The molecule has 1 aliphatic heterocycles. The normalized spacial score (nSPS) is 17.1. The molecule has 4 nitrogen and oxygen atoms in total. The van der Waals surface area contributed by atoms with Gasteiger partial charge in [-0.2, -0.15) is 0 Å². The van der Waals surface area contributed by atoms with E-state index in [1.165, 1.54) is 11.8 Å². The van der Waals surface area contributed by atoms with Crippen LogP contribution in [0.15, 0.2) is 35.7 Å². The molecule has 1 aromatic heterocycles. The minimum atomic E-state index is -0.0102. The molecular formula is C19H21NO3S. The average molecular weight is 343 g/mol. The Balaban J connectivity index is 1.81. The van der Waals surface area contributed by atoms with Gasteiger partial charge < -0.3 is 9.64 Å². The van der Waals surface area contributed by atoms with Gasteiger partial charge in [0.05, 0.1) is 19.6 Å². The van der Waals surface area contributed by atoms with Gasteiger partial charge in [-0.1, -0.05) is 6.07 Å². The summed E-state index contributed by atoms with van der Waals surface area (Å²) in [7, 11) is 1.58. The molecule has 0 radical (unpaired) electrons. The Kier molecular flexibility index (Phi) is 5.00. The zero-order valence-corrected chi connectivity index (χ0v) is 14.8. The highest BCUT2D eigenvalue weighted by Gasteiger charge is 2.30. The van der Waals surface area contributed by atoms with Gasteiger partial charge in [0.25, 0.3) is 0 Å². The summed E-state index contributed by atoms with van der Waals surface area (Å²) in [5, 5.41) is 2.05. The van der Waals surface area contributed by atoms with E-state index in [2.05, 4.69) is 11.4 Å². The summed E-state index contributed by atoms with van der Waals surface area (Å²) in [6.07, 6.45) is 2.29. The first-order chi connectivity index (χ1) is 11.6. The number of Topliss-reactive ketones (excluding diaryl/α,β-unsaturated/α-hetero) is 1. The average Bonchev–Trinajstić information content (AvgIpc) is 3.25. The third-order valence-corrected chi connectivity index (χ3v) is 5.45. The van der Waals surface area contributed by atoms with E-state index in [4.69, 9.17) is 4.74 Å². The highest BCUT2D eigenvalue weighted by molar-refractivity contribution is 7.10. The molecule has 2 aromatic rings. The van der Waals surface area contributed by atoms with Gasteiger partial charge >= 0.3 is 0 Å². The lowest BCUT2D eigenvalue weighted by Crippen LogP contribution is -2.31. The molecule has 1 saturated heterocycles. The standard InChI is InChI=1S/C19H21NO3S/c1-13(21)14-7-8-17(23-2)15(11-14)12-19(22)20-9-3-5-16(20)18-6-4-10-24-18/h4,6-8,10-11,16H,3,5,9,12H2,1-2H3/t16-/m0/s1. The molecule has 0 bridgehead atoms. The van der Waals surface area contributed by atoms with Crippen LogP contribution in [0.2, 0.25) is 0 Å². The van der Waals surface area contributed by atoms with E-state index in [1.54, 1.807) is 36.6 Å². The molecule has 0 saturated carbocycles. The van der Waals surface area contributed by atoms with Crippen LogP contribution in [0.3, 0.4) is 0 Å². The largest absolute Gasteiger partial charge is 0.496 e. The van der Waals surface area contributed by atoms with Crippen LogP contribution in [0.4, 0.5) is 0 Å². The number of hydrogen-bond donors (Lipinski definition) is 0. The molecule has 1 fully saturated rings. The molecule has 2 heterocycles. The van der Waals surface area contributed by atoms with Crippen molar-refractivity contribution in [2.24, 2.45) is 0 Å². The zero-order chi connectivity index (χ0) is 17.1. The summed E-state index contributed by atoms with van der Waals surface area (Å²) in [6, 6.07) is 9.58. The first-order valence-corrected chi connectivity index (χ1v) is 8.99. The molecule has 1 aromatic carbocycles. The summed E-state index contributed by atoms with van der Waals surface area (Å²) in [5.74, 6) is 0.731.